The van der Waals surface area contributed by atoms with Crippen LogP contribution in [0.4, 0.5) is 5.69 Å². The lowest BCUT2D eigenvalue weighted by Gasteiger charge is -2.11. The quantitative estimate of drug-likeness (QED) is 0.760. The minimum atomic E-state index is -0.0863. The molecule has 1 N–H and O–H groups in total. The SMILES string of the molecule is Cc1cccc(C)c1NC(=O)CSCc1cc(=O)n2ccsc2n1. The van der Waals surface area contributed by atoms with Gasteiger partial charge in [-0.15, -0.1) is 23.1 Å². The summed E-state index contributed by atoms with van der Waals surface area (Å²) in [4.78, 5) is 29.2. The normalized spacial score (nSPS) is 10.9. The first kappa shape index (κ1) is 16.7. The molecule has 0 saturated heterocycles. The molecule has 7 heteroatoms. The van der Waals surface area contributed by atoms with Crippen LogP contribution in [0.5, 0.6) is 0 Å². The number of para-hydroxylation sites is 1. The van der Waals surface area contributed by atoms with Crippen molar-refractivity contribution < 1.29 is 4.79 Å². The summed E-state index contributed by atoms with van der Waals surface area (Å²) in [6.07, 6.45) is 1.71. The van der Waals surface area contributed by atoms with E-state index in [9.17, 15) is 9.59 Å². The molecule has 0 fully saturated rings. The Bertz CT molecular complexity index is 926. The first-order valence-corrected chi connectivity index (χ1v) is 9.47. The number of thiazole rings is 1. The lowest BCUT2D eigenvalue weighted by atomic mass is 10.1. The average Bonchev–Trinajstić information content (AvgIpc) is 3.00. The summed E-state index contributed by atoms with van der Waals surface area (Å²) >= 11 is 2.87. The number of anilines is 1. The molecule has 1 amide bonds. The second kappa shape index (κ2) is 7.19. The van der Waals surface area contributed by atoms with Gasteiger partial charge < -0.3 is 5.32 Å². The Kier molecular flexibility index (Phi) is 5.01. The molecule has 0 bridgehead atoms. The van der Waals surface area contributed by atoms with Crippen LogP contribution < -0.4 is 10.9 Å². The Morgan fingerprint density at radius 1 is 1.33 bits per heavy atom. The Morgan fingerprint density at radius 3 is 2.83 bits per heavy atom. The number of nitrogens with zero attached hydrogens (tertiary/aromatic N) is 2. The molecule has 24 heavy (non-hydrogen) atoms. The van der Waals surface area contributed by atoms with Crippen LogP contribution in [0.25, 0.3) is 4.96 Å². The van der Waals surface area contributed by atoms with Gasteiger partial charge in [0.1, 0.15) is 0 Å². The summed E-state index contributed by atoms with van der Waals surface area (Å²) in [5, 5.41) is 4.79. The molecular weight excluding hydrogens is 342 g/mol. The monoisotopic (exact) mass is 359 g/mol. The minimum Gasteiger partial charge on any atom is -0.325 e. The molecule has 0 radical (unpaired) electrons. The lowest BCUT2D eigenvalue weighted by Crippen LogP contribution is -2.16. The number of carbonyl (C=O) groups excluding carboxylic acids is 1. The number of nitrogens with one attached hydrogen (secondary N) is 1. The average molecular weight is 359 g/mol. The summed E-state index contributed by atoms with van der Waals surface area (Å²) in [5.41, 5.74) is 3.58. The maximum atomic E-state index is 12.1. The Hall–Kier alpha value is -2.12. The van der Waals surface area contributed by atoms with Gasteiger partial charge in [-0.25, -0.2) is 4.98 Å². The molecule has 0 spiro atoms. The second-order valence-electron chi connectivity index (χ2n) is 5.45. The fourth-order valence-corrected chi connectivity index (χ4v) is 3.85. The lowest BCUT2D eigenvalue weighted by molar-refractivity contribution is -0.113. The van der Waals surface area contributed by atoms with E-state index in [-0.39, 0.29) is 11.5 Å². The van der Waals surface area contributed by atoms with Gasteiger partial charge in [0.15, 0.2) is 4.96 Å². The van der Waals surface area contributed by atoms with Gasteiger partial charge >= 0.3 is 0 Å². The van der Waals surface area contributed by atoms with Crippen molar-refractivity contribution in [2.45, 2.75) is 19.6 Å². The van der Waals surface area contributed by atoms with E-state index in [4.69, 9.17) is 0 Å². The van der Waals surface area contributed by atoms with Crippen molar-refractivity contribution in [3.05, 3.63) is 63.0 Å². The van der Waals surface area contributed by atoms with Crippen LogP contribution >= 0.6 is 23.1 Å². The van der Waals surface area contributed by atoms with Gasteiger partial charge in [-0.2, -0.15) is 0 Å². The van der Waals surface area contributed by atoms with Crippen LogP contribution in [0.2, 0.25) is 0 Å². The number of hydrogen-bond acceptors (Lipinski definition) is 5. The van der Waals surface area contributed by atoms with E-state index in [1.807, 2.05) is 37.4 Å². The van der Waals surface area contributed by atoms with Gasteiger partial charge in [0.25, 0.3) is 5.56 Å². The molecule has 3 aromatic rings. The van der Waals surface area contributed by atoms with E-state index in [2.05, 4.69) is 10.3 Å². The largest absolute Gasteiger partial charge is 0.325 e. The highest BCUT2D eigenvalue weighted by Gasteiger charge is 2.09. The van der Waals surface area contributed by atoms with Crippen molar-refractivity contribution in [3.63, 3.8) is 0 Å². The van der Waals surface area contributed by atoms with Gasteiger partial charge in [0.2, 0.25) is 5.91 Å². The van der Waals surface area contributed by atoms with Crippen LogP contribution in [0, 0.1) is 13.8 Å². The molecule has 0 aliphatic carbocycles. The topological polar surface area (TPSA) is 63.5 Å². The van der Waals surface area contributed by atoms with Crippen molar-refractivity contribution >= 4 is 39.7 Å². The highest BCUT2D eigenvalue weighted by atomic mass is 32.2. The zero-order valence-electron chi connectivity index (χ0n) is 13.4. The smallest absolute Gasteiger partial charge is 0.258 e. The zero-order valence-corrected chi connectivity index (χ0v) is 15.0. The molecule has 124 valence electrons. The van der Waals surface area contributed by atoms with E-state index < -0.39 is 0 Å². The minimum absolute atomic E-state index is 0.0497. The van der Waals surface area contributed by atoms with Gasteiger partial charge in [0, 0.05) is 29.1 Å². The molecule has 0 saturated carbocycles. The van der Waals surface area contributed by atoms with Gasteiger partial charge in [-0.3, -0.25) is 14.0 Å². The Balaban J connectivity index is 1.59. The number of fused-ring (bicyclic) bond motifs is 1. The maximum absolute atomic E-state index is 12.1. The van der Waals surface area contributed by atoms with Crippen molar-refractivity contribution in [3.8, 4) is 0 Å². The second-order valence-corrected chi connectivity index (χ2v) is 7.31. The third-order valence-electron chi connectivity index (χ3n) is 3.58. The Labute approximate surface area is 147 Å². The van der Waals surface area contributed by atoms with E-state index in [0.29, 0.717) is 22.2 Å². The predicted molar refractivity (Wildman–Crippen MR) is 100 cm³/mol. The predicted octanol–water partition coefficient (Wildman–Crippen LogP) is 3.24. The number of thioether (sulfide) groups is 1. The fourth-order valence-electron chi connectivity index (χ4n) is 2.40. The maximum Gasteiger partial charge on any atom is 0.258 e. The molecule has 5 nitrogen and oxygen atoms in total. The number of carbonyl (C=O) groups is 1. The molecule has 0 atom stereocenters. The van der Waals surface area contributed by atoms with Crippen LogP contribution in [0.1, 0.15) is 16.8 Å². The van der Waals surface area contributed by atoms with Crippen LogP contribution in [0.3, 0.4) is 0 Å². The molecule has 0 aliphatic heterocycles. The highest BCUT2D eigenvalue weighted by molar-refractivity contribution is 7.99. The molecular formula is C17H17N3O2S2. The van der Waals surface area contributed by atoms with Crippen molar-refractivity contribution in [2.75, 3.05) is 11.1 Å². The van der Waals surface area contributed by atoms with Crippen molar-refractivity contribution in [1.29, 1.82) is 0 Å². The third-order valence-corrected chi connectivity index (χ3v) is 5.31. The number of aromatic nitrogens is 2. The summed E-state index contributed by atoms with van der Waals surface area (Å²) in [6.45, 7) is 3.95. The highest BCUT2D eigenvalue weighted by Crippen LogP contribution is 2.20. The summed E-state index contributed by atoms with van der Waals surface area (Å²) in [5.74, 6) is 0.801. The van der Waals surface area contributed by atoms with E-state index in [0.717, 1.165) is 16.8 Å². The van der Waals surface area contributed by atoms with Gasteiger partial charge in [0.05, 0.1) is 11.4 Å². The Morgan fingerprint density at radius 2 is 2.08 bits per heavy atom. The molecule has 2 aromatic heterocycles. The van der Waals surface area contributed by atoms with Crippen molar-refractivity contribution in [2.24, 2.45) is 0 Å². The van der Waals surface area contributed by atoms with Gasteiger partial charge in [-0.1, -0.05) is 18.2 Å². The zero-order chi connectivity index (χ0) is 17.1. The number of rotatable bonds is 5. The molecule has 1 aromatic carbocycles. The number of aryl methyl sites for hydroxylation is 2. The number of benzene rings is 1. The molecule has 3 rings (SSSR count). The first-order chi connectivity index (χ1) is 11.5. The van der Waals surface area contributed by atoms with Gasteiger partial charge in [-0.05, 0) is 25.0 Å². The van der Waals surface area contributed by atoms with E-state index in [1.54, 1.807) is 6.20 Å². The first-order valence-electron chi connectivity index (χ1n) is 7.44. The van der Waals surface area contributed by atoms with E-state index >= 15 is 0 Å². The molecule has 0 aliphatic rings. The molecule has 2 heterocycles. The summed E-state index contributed by atoms with van der Waals surface area (Å²) < 4.78 is 1.52. The standard InChI is InChI=1S/C17H17N3O2S2/c1-11-4-3-5-12(2)16(11)19-14(21)10-23-9-13-8-15(22)20-6-7-24-17(20)18-13/h3-8H,9-10H2,1-2H3,(H,19,21). The number of amides is 1. The van der Waals surface area contributed by atoms with E-state index in [1.165, 1.54) is 33.6 Å². The van der Waals surface area contributed by atoms with Crippen LogP contribution in [0.15, 0.2) is 40.6 Å². The number of hydrogen-bond donors (Lipinski definition) is 1. The van der Waals surface area contributed by atoms with Crippen molar-refractivity contribution in [1.82, 2.24) is 9.38 Å². The van der Waals surface area contributed by atoms with Crippen LogP contribution in [-0.2, 0) is 10.5 Å². The summed E-state index contributed by atoms with van der Waals surface area (Å²) in [6, 6.07) is 7.45. The molecule has 0 unspecified atom stereocenters. The third kappa shape index (κ3) is 3.68. The van der Waals surface area contributed by atoms with Crippen LogP contribution in [-0.4, -0.2) is 21.0 Å². The summed E-state index contributed by atoms with van der Waals surface area (Å²) in [7, 11) is 0. The fraction of sp³-hybridized carbons (Fsp3) is 0.235.